The molecule has 1 fully saturated rings. The average Bonchev–Trinajstić information content (AvgIpc) is 3.41. The molecule has 0 radical (unpaired) electrons. The van der Waals surface area contributed by atoms with Crippen LogP contribution in [0, 0.1) is 0 Å². The number of aryl methyl sites for hydroxylation is 1. The van der Waals surface area contributed by atoms with Crippen LogP contribution >= 0.6 is 0 Å². The minimum absolute atomic E-state index is 0.0915. The van der Waals surface area contributed by atoms with Crippen LogP contribution in [0.4, 0.5) is 13.2 Å². The zero-order chi connectivity index (χ0) is 22.4. The molecule has 2 atom stereocenters. The average molecular weight is 437 g/mol. The van der Waals surface area contributed by atoms with Gasteiger partial charge in [0.05, 0.1) is 6.04 Å². The van der Waals surface area contributed by atoms with E-state index in [1.54, 1.807) is 6.07 Å². The molecule has 0 aromatic heterocycles. The lowest BCUT2D eigenvalue weighted by atomic mass is 10.0. The molecule has 2 aromatic carbocycles. The smallest absolute Gasteiger partial charge is 0.475 e. The zero-order valence-electron chi connectivity index (χ0n) is 16.5. The third kappa shape index (κ3) is 6.21. The maximum atomic E-state index is 12.7. The van der Waals surface area contributed by atoms with Crippen LogP contribution in [0.1, 0.15) is 35.2 Å². The lowest BCUT2D eigenvalue weighted by Gasteiger charge is -2.14. The van der Waals surface area contributed by atoms with Gasteiger partial charge in [-0.2, -0.15) is 13.2 Å². The number of carbonyl (C=O) groups excluding carboxylic acids is 1. The molecular weight excluding hydrogens is 415 g/mol. The van der Waals surface area contributed by atoms with E-state index in [1.165, 1.54) is 5.56 Å². The Hall–Kier alpha value is -3.07. The molecule has 0 bridgehead atoms. The second-order valence-electron chi connectivity index (χ2n) is 7.25. The molecule has 2 aliphatic rings. The van der Waals surface area contributed by atoms with Crippen molar-refractivity contribution >= 4 is 11.8 Å². The first-order valence-corrected chi connectivity index (χ1v) is 9.78. The van der Waals surface area contributed by atoms with Crippen molar-refractivity contribution in [1.29, 1.82) is 0 Å². The maximum Gasteiger partial charge on any atom is 0.490 e. The Bertz CT molecular complexity index is 917. The largest absolute Gasteiger partial charge is 0.490 e. The summed E-state index contributed by atoms with van der Waals surface area (Å²) in [7, 11) is 0. The number of fused-ring (bicyclic) bond motifs is 1. The third-order valence-corrected chi connectivity index (χ3v) is 5.08. The summed E-state index contributed by atoms with van der Waals surface area (Å²) in [5.74, 6) is -1.23. The van der Waals surface area contributed by atoms with Gasteiger partial charge in [0.25, 0.3) is 0 Å². The highest BCUT2D eigenvalue weighted by atomic mass is 19.4. The molecule has 2 aliphatic heterocycles. The van der Waals surface area contributed by atoms with Crippen LogP contribution in [0.3, 0.4) is 0 Å². The third-order valence-electron chi connectivity index (χ3n) is 5.08. The number of aliphatic carboxylic acids is 1. The predicted molar refractivity (Wildman–Crippen MR) is 105 cm³/mol. The Labute approximate surface area is 177 Å². The molecule has 6 nitrogen and oxygen atoms in total. The molecule has 1 saturated heterocycles. The van der Waals surface area contributed by atoms with E-state index in [1.807, 2.05) is 18.2 Å². The Morgan fingerprint density at radius 2 is 1.71 bits per heavy atom. The standard InChI is InChI=1S/C20H21NO3.C2HF3O2/c22-20(15-7-11-18-19(12-15)24-13-23-18)17-10-9-16(21-17)8-6-14-4-2-1-3-5-14;3-2(4,5)1(6)7/h1-5,7,11-12,16-17,21H,6,8-10,13H2;(H,6,7). The van der Waals surface area contributed by atoms with Gasteiger partial charge in [0.1, 0.15) is 0 Å². The van der Waals surface area contributed by atoms with Crippen molar-refractivity contribution in [2.45, 2.75) is 43.9 Å². The Morgan fingerprint density at radius 1 is 1.03 bits per heavy atom. The number of alkyl halides is 3. The Morgan fingerprint density at radius 3 is 2.39 bits per heavy atom. The van der Waals surface area contributed by atoms with Crippen LogP contribution in [-0.4, -0.2) is 41.9 Å². The number of halogens is 3. The molecule has 9 heteroatoms. The van der Waals surface area contributed by atoms with E-state index in [-0.39, 0.29) is 18.6 Å². The quantitative estimate of drug-likeness (QED) is 0.689. The summed E-state index contributed by atoms with van der Waals surface area (Å²) >= 11 is 0. The van der Waals surface area contributed by atoms with Gasteiger partial charge in [-0.15, -0.1) is 0 Å². The van der Waals surface area contributed by atoms with Gasteiger partial charge in [0, 0.05) is 11.6 Å². The van der Waals surface area contributed by atoms with Crippen LogP contribution in [-0.2, 0) is 11.2 Å². The highest BCUT2D eigenvalue weighted by Gasteiger charge is 2.38. The monoisotopic (exact) mass is 437 g/mol. The molecule has 166 valence electrons. The number of ether oxygens (including phenoxy) is 2. The van der Waals surface area contributed by atoms with Crippen molar-refractivity contribution in [3.63, 3.8) is 0 Å². The van der Waals surface area contributed by atoms with E-state index in [4.69, 9.17) is 19.4 Å². The summed E-state index contributed by atoms with van der Waals surface area (Å²) < 4.78 is 42.4. The zero-order valence-corrected chi connectivity index (χ0v) is 16.5. The number of carboxylic acid groups (broad SMARTS) is 1. The number of Topliss-reactive ketones (excluding diaryl/α,β-unsaturated/α-hetero) is 1. The highest BCUT2D eigenvalue weighted by Crippen LogP contribution is 2.33. The summed E-state index contributed by atoms with van der Waals surface area (Å²) in [6, 6.07) is 16.3. The van der Waals surface area contributed by atoms with Crippen molar-refractivity contribution in [2.75, 3.05) is 6.79 Å². The van der Waals surface area contributed by atoms with Gasteiger partial charge >= 0.3 is 12.1 Å². The van der Waals surface area contributed by atoms with Crippen molar-refractivity contribution in [1.82, 2.24) is 5.32 Å². The Balaban J connectivity index is 0.000000339. The minimum Gasteiger partial charge on any atom is -0.475 e. The molecule has 0 aliphatic carbocycles. The number of hydrogen-bond acceptors (Lipinski definition) is 5. The maximum absolute atomic E-state index is 12.7. The van der Waals surface area contributed by atoms with Crippen molar-refractivity contribution in [2.24, 2.45) is 0 Å². The lowest BCUT2D eigenvalue weighted by molar-refractivity contribution is -0.192. The number of carboxylic acids is 1. The van der Waals surface area contributed by atoms with E-state index < -0.39 is 12.1 Å². The first-order valence-electron chi connectivity index (χ1n) is 9.78. The van der Waals surface area contributed by atoms with Crippen LogP contribution in [0.5, 0.6) is 11.5 Å². The normalized spacial score (nSPS) is 19.5. The summed E-state index contributed by atoms with van der Waals surface area (Å²) in [6.07, 6.45) is -1.03. The summed E-state index contributed by atoms with van der Waals surface area (Å²) in [5, 5.41) is 10.6. The fourth-order valence-electron chi connectivity index (χ4n) is 3.49. The van der Waals surface area contributed by atoms with Crippen LogP contribution in [0.2, 0.25) is 0 Å². The number of ketones is 1. The van der Waals surface area contributed by atoms with E-state index in [0.717, 1.165) is 25.7 Å². The predicted octanol–water partition coefficient (Wildman–Crippen LogP) is 3.98. The fraction of sp³-hybridized carbons (Fsp3) is 0.364. The number of rotatable bonds is 5. The molecule has 4 rings (SSSR count). The van der Waals surface area contributed by atoms with Gasteiger partial charge in [-0.1, -0.05) is 30.3 Å². The van der Waals surface area contributed by atoms with Crippen LogP contribution in [0.15, 0.2) is 48.5 Å². The molecule has 0 spiro atoms. The molecule has 0 amide bonds. The van der Waals surface area contributed by atoms with Crippen molar-refractivity contribution in [3.05, 3.63) is 59.7 Å². The topological polar surface area (TPSA) is 84.9 Å². The van der Waals surface area contributed by atoms with Gasteiger partial charge in [0.15, 0.2) is 17.3 Å². The van der Waals surface area contributed by atoms with Gasteiger partial charge < -0.3 is 19.9 Å². The van der Waals surface area contributed by atoms with Crippen molar-refractivity contribution in [3.8, 4) is 11.5 Å². The molecule has 0 saturated carbocycles. The van der Waals surface area contributed by atoms with E-state index >= 15 is 0 Å². The van der Waals surface area contributed by atoms with Gasteiger partial charge in [-0.3, -0.25) is 4.79 Å². The second-order valence-corrected chi connectivity index (χ2v) is 7.25. The fourth-order valence-corrected chi connectivity index (χ4v) is 3.49. The first kappa shape index (κ1) is 22.6. The van der Waals surface area contributed by atoms with Crippen molar-refractivity contribution < 1.29 is 37.3 Å². The van der Waals surface area contributed by atoms with E-state index in [0.29, 0.717) is 23.1 Å². The van der Waals surface area contributed by atoms with Gasteiger partial charge in [-0.05, 0) is 49.4 Å². The molecule has 2 unspecified atom stereocenters. The summed E-state index contributed by atoms with van der Waals surface area (Å²) in [5.41, 5.74) is 2.05. The lowest BCUT2D eigenvalue weighted by Crippen LogP contribution is -2.35. The Kier molecular flexibility index (Phi) is 7.17. The second kappa shape index (κ2) is 9.82. The minimum atomic E-state index is -5.08. The SMILES string of the molecule is O=C(O)C(F)(F)F.O=C(c1ccc2c(c1)OCO2)C1CCC(CCc2ccccc2)N1. The summed E-state index contributed by atoms with van der Waals surface area (Å²) in [6.45, 7) is 0.232. The molecule has 2 N–H and O–H groups in total. The number of hydrogen-bond donors (Lipinski definition) is 2. The van der Waals surface area contributed by atoms with Crippen LogP contribution < -0.4 is 14.8 Å². The summed E-state index contributed by atoms with van der Waals surface area (Å²) in [4.78, 5) is 21.6. The van der Waals surface area contributed by atoms with E-state index in [2.05, 4.69) is 29.6 Å². The number of nitrogens with one attached hydrogen (secondary N) is 1. The van der Waals surface area contributed by atoms with Crippen LogP contribution in [0.25, 0.3) is 0 Å². The van der Waals surface area contributed by atoms with E-state index in [9.17, 15) is 18.0 Å². The highest BCUT2D eigenvalue weighted by molar-refractivity contribution is 6.00. The number of carbonyl (C=O) groups is 2. The molecule has 2 heterocycles. The molecular formula is C22H22F3NO5. The molecule has 31 heavy (non-hydrogen) atoms. The molecule has 2 aromatic rings. The first-order chi connectivity index (χ1) is 14.7. The van der Waals surface area contributed by atoms with Gasteiger partial charge in [0.2, 0.25) is 6.79 Å². The van der Waals surface area contributed by atoms with Gasteiger partial charge in [-0.25, -0.2) is 4.79 Å². The number of benzene rings is 2.